The van der Waals surface area contributed by atoms with E-state index in [4.69, 9.17) is 19.9 Å². The van der Waals surface area contributed by atoms with Gasteiger partial charge < -0.3 is 19.9 Å². The number of ether oxygens (including phenoxy) is 3. The van der Waals surface area contributed by atoms with Gasteiger partial charge >= 0.3 is 0 Å². The number of amides is 1. The molecule has 0 saturated heterocycles. The molecule has 0 bridgehead atoms. The average molecular weight is 374 g/mol. The van der Waals surface area contributed by atoms with E-state index < -0.39 is 10.0 Å². The second kappa shape index (κ2) is 14.4. The predicted molar refractivity (Wildman–Crippen MR) is 94.9 cm³/mol. The van der Waals surface area contributed by atoms with Crippen molar-refractivity contribution in [3.63, 3.8) is 0 Å². The summed E-state index contributed by atoms with van der Waals surface area (Å²) >= 11 is 0. The van der Waals surface area contributed by atoms with Gasteiger partial charge in [-0.3, -0.25) is 9.52 Å². The quantitative estimate of drug-likeness (QED) is 0.314. The number of hydrogen-bond donors (Lipinski definition) is 2. The zero-order chi connectivity index (χ0) is 19.0. The fourth-order valence-electron chi connectivity index (χ4n) is 1.50. The fraction of sp³-hybridized carbons (Fsp3) is 0.438. The van der Waals surface area contributed by atoms with E-state index in [1.165, 1.54) is 31.4 Å². The van der Waals surface area contributed by atoms with Gasteiger partial charge in [0.15, 0.2) is 0 Å². The highest BCUT2D eigenvalue weighted by atomic mass is 32.2. The fourth-order valence-corrected chi connectivity index (χ4v) is 2.26. The second-order valence-electron chi connectivity index (χ2n) is 4.53. The molecule has 0 fully saturated rings. The van der Waals surface area contributed by atoms with Gasteiger partial charge in [0.25, 0.3) is 10.0 Å². The smallest absolute Gasteiger partial charge is 0.263 e. The molecule has 8 nitrogen and oxygen atoms in total. The van der Waals surface area contributed by atoms with Crippen LogP contribution in [0.4, 0.5) is 0 Å². The summed E-state index contributed by atoms with van der Waals surface area (Å²) in [6.07, 6.45) is 2.79. The molecule has 0 radical (unpaired) electrons. The molecule has 142 valence electrons. The molecule has 0 aliphatic heterocycles. The van der Waals surface area contributed by atoms with Crippen molar-refractivity contribution >= 4 is 16.4 Å². The van der Waals surface area contributed by atoms with Crippen molar-refractivity contribution in [1.29, 1.82) is 0 Å². The highest BCUT2D eigenvalue weighted by molar-refractivity contribution is 7.90. The lowest BCUT2D eigenvalue weighted by Crippen LogP contribution is -2.21. The molecule has 9 heteroatoms. The zero-order valence-corrected chi connectivity index (χ0v) is 15.2. The molecule has 25 heavy (non-hydrogen) atoms. The van der Waals surface area contributed by atoms with Gasteiger partial charge in [0.1, 0.15) is 5.75 Å². The zero-order valence-electron chi connectivity index (χ0n) is 14.3. The summed E-state index contributed by atoms with van der Waals surface area (Å²) in [4.78, 5) is 10.0. The van der Waals surface area contributed by atoms with E-state index in [1.54, 1.807) is 10.8 Å². The van der Waals surface area contributed by atoms with Gasteiger partial charge in [0.05, 0.1) is 25.2 Å². The minimum atomic E-state index is -3.71. The minimum absolute atomic E-state index is 0.0189. The van der Waals surface area contributed by atoms with Crippen LogP contribution in [-0.2, 0) is 24.3 Å². The summed E-state index contributed by atoms with van der Waals surface area (Å²) in [6, 6.07) is 5.70. The summed E-state index contributed by atoms with van der Waals surface area (Å²) in [5.41, 5.74) is 5.22. The number of carbonyl (C=O) groups excluding carboxylic acids is 1. The Morgan fingerprint density at radius 2 is 1.80 bits per heavy atom. The highest BCUT2D eigenvalue weighted by Crippen LogP contribution is 2.14. The molecule has 0 atom stereocenters. The molecular weight excluding hydrogens is 348 g/mol. The van der Waals surface area contributed by atoms with Crippen LogP contribution in [0.3, 0.4) is 0 Å². The standard InChI is InChI=1S/C8H9NO4S.C8H17NO2/c1-13-7-2-4-8(5-3-7)14(11,12)9-6-10;1-2-5-10-6-3-7-11-8-4-9/h2-6H,1H3,(H,9,10);2H,1,3-9H2. The average Bonchev–Trinajstić information content (AvgIpc) is 2.61. The maximum Gasteiger partial charge on any atom is 0.263 e. The summed E-state index contributed by atoms with van der Waals surface area (Å²) < 4.78 is 39.3. The number of methoxy groups -OCH3 is 1. The summed E-state index contributed by atoms with van der Waals surface area (Å²) in [5.74, 6) is 0.551. The van der Waals surface area contributed by atoms with Crippen molar-refractivity contribution in [3.05, 3.63) is 36.9 Å². The Balaban J connectivity index is 0.000000477. The van der Waals surface area contributed by atoms with E-state index in [0.717, 1.165) is 19.6 Å². The normalized spacial score (nSPS) is 10.3. The topological polar surface area (TPSA) is 117 Å². The molecule has 0 aromatic heterocycles. The maximum absolute atomic E-state index is 11.2. The van der Waals surface area contributed by atoms with E-state index in [2.05, 4.69) is 6.58 Å². The van der Waals surface area contributed by atoms with Crippen LogP contribution in [0.2, 0.25) is 0 Å². The Kier molecular flexibility index (Phi) is 13.3. The number of hydrogen-bond acceptors (Lipinski definition) is 7. The first-order valence-corrected chi connectivity index (χ1v) is 9.06. The Labute approximate surface area is 149 Å². The molecule has 0 aliphatic carbocycles. The summed E-state index contributed by atoms with van der Waals surface area (Å²) in [6.45, 7) is 6.85. The van der Waals surface area contributed by atoms with Crippen molar-refractivity contribution in [2.45, 2.75) is 11.3 Å². The van der Waals surface area contributed by atoms with E-state index in [1.807, 2.05) is 0 Å². The van der Waals surface area contributed by atoms with Gasteiger partial charge in [-0.2, -0.15) is 0 Å². The van der Waals surface area contributed by atoms with Crippen LogP contribution < -0.4 is 15.2 Å². The molecule has 0 spiro atoms. The van der Waals surface area contributed by atoms with Crippen molar-refractivity contribution in [3.8, 4) is 5.75 Å². The lowest BCUT2D eigenvalue weighted by atomic mass is 10.3. The van der Waals surface area contributed by atoms with Crippen molar-refractivity contribution in [1.82, 2.24) is 4.72 Å². The highest BCUT2D eigenvalue weighted by Gasteiger charge is 2.11. The monoisotopic (exact) mass is 374 g/mol. The van der Waals surface area contributed by atoms with Gasteiger partial charge in [0, 0.05) is 19.8 Å². The van der Waals surface area contributed by atoms with E-state index in [0.29, 0.717) is 25.5 Å². The van der Waals surface area contributed by atoms with Crippen LogP contribution in [0.25, 0.3) is 0 Å². The number of nitrogens with one attached hydrogen (secondary N) is 1. The second-order valence-corrected chi connectivity index (χ2v) is 6.25. The Morgan fingerprint density at radius 1 is 1.16 bits per heavy atom. The first-order chi connectivity index (χ1) is 12.0. The minimum Gasteiger partial charge on any atom is -0.497 e. The first-order valence-electron chi connectivity index (χ1n) is 7.58. The molecule has 0 heterocycles. The maximum atomic E-state index is 11.2. The molecule has 0 unspecified atom stereocenters. The SMILES string of the molecule is C=CCOCCCOCCN.COc1ccc(S(=O)(=O)NC=O)cc1. The van der Waals surface area contributed by atoms with Crippen LogP contribution in [0, 0.1) is 0 Å². The van der Waals surface area contributed by atoms with Crippen LogP contribution in [-0.4, -0.2) is 54.9 Å². The molecule has 3 N–H and O–H groups in total. The van der Waals surface area contributed by atoms with Crippen molar-refractivity contribution in [2.24, 2.45) is 5.73 Å². The van der Waals surface area contributed by atoms with Gasteiger partial charge in [-0.1, -0.05) is 6.08 Å². The molecule has 1 amide bonds. The largest absolute Gasteiger partial charge is 0.497 e. The lowest BCUT2D eigenvalue weighted by Gasteiger charge is -2.03. The van der Waals surface area contributed by atoms with Gasteiger partial charge in [-0.05, 0) is 30.7 Å². The van der Waals surface area contributed by atoms with Crippen LogP contribution in [0.15, 0.2) is 41.8 Å². The molecule has 0 saturated carbocycles. The summed E-state index contributed by atoms with van der Waals surface area (Å²) in [5, 5.41) is 0. The predicted octanol–water partition coefficient (Wildman–Crippen LogP) is 0.684. The molecule has 1 aromatic rings. The van der Waals surface area contributed by atoms with Gasteiger partial charge in [-0.15, -0.1) is 6.58 Å². The number of carbonyl (C=O) groups is 1. The molecule has 0 aliphatic rings. The lowest BCUT2D eigenvalue weighted by molar-refractivity contribution is -0.108. The van der Waals surface area contributed by atoms with E-state index >= 15 is 0 Å². The van der Waals surface area contributed by atoms with Crippen LogP contribution in [0.1, 0.15) is 6.42 Å². The molecule has 1 rings (SSSR count). The number of rotatable bonds is 12. The van der Waals surface area contributed by atoms with Crippen molar-refractivity contribution in [2.75, 3.05) is 40.1 Å². The van der Waals surface area contributed by atoms with Crippen LogP contribution >= 0.6 is 0 Å². The third-order valence-electron chi connectivity index (χ3n) is 2.65. The third kappa shape index (κ3) is 11.3. The van der Waals surface area contributed by atoms with E-state index in [9.17, 15) is 13.2 Å². The molecule has 1 aromatic carbocycles. The van der Waals surface area contributed by atoms with Gasteiger partial charge in [-0.25, -0.2) is 8.42 Å². The number of benzene rings is 1. The van der Waals surface area contributed by atoms with Gasteiger partial charge in [0.2, 0.25) is 6.41 Å². The van der Waals surface area contributed by atoms with E-state index in [-0.39, 0.29) is 11.3 Å². The van der Waals surface area contributed by atoms with Crippen molar-refractivity contribution < 1.29 is 27.4 Å². The molecular formula is C16H26N2O6S. The Bertz CT molecular complexity index is 575. The number of sulfonamides is 1. The Hall–Kier alpha value is -1.94. The number of nitrogens with two attached hydrogens (primary N) is 1. The third-order valence-corrected chi connectivity index (χ3v) is 3.95. The first kappa shape index (κ1) is 23.1. The Morgan fingerprint density at radius 3 is 2.32 bits per heavy atom. The van der Waals surface area contributed by atoms with Crippen LogP contribution in [0.5, 0.6) is 5.75 Å². The summed E-state index contributed by atoms with van der Waals surface area (Å²) in [7, 11) is -2.23.